The molecule has 2 atom stereocenters. The SMILES string of the molecule is Cl.NC[C@H]1CCC[C@H]1C(=O)NCCc1csc2ccccc12. The van der Waals surface area contributed by atoms with Gasteiger partial charge in [-0.05, 0) is 54.1 Å². The van der Waals surface area contributed by atoms with Crippen LogP contribution in [0.25, 0.3) is 10.1 Å². The van der Waals surface area contributed by atoms with Gasteiger partial charge in [-0.15, -0.1) is 23.7 Å². The third kappa shape index (κ3) is 3.62. The molecule has 0 saturated heterocycles. The molecule has 1 saturated carbocycles. The monoisotopic (exact) mass is 338 g/mol. The van der Waals surface area contributed by atoms with E-state index >= 15 is 0 Å². The molecule has 3 rings (SSSR count). The van der Waals surface area contributed by atoms with Gasteiger partial charge in [0.2, 0.25) is 5.91 Å². The molecule has 1 heterocycles. The Balaban J connectivity index is 0.00000176. The van der Waals surface area contributed by atoms with Crippen LogP contribution in [0.15, 0.2) is 29.6 Å². The molecule has 22 heavy (non-hydrogen) atoms. The number of hydrogen-bond acceptors (Lipinski definition) is 3. The largest absolute Gasteiger partial charge is 0.356 e. The van der Waals surface area contributed by atoms with Crippen LogP contribution >= 0.6 is 23.7 Å². The zero-order chi connectivity index (χ0) is 14.7. The van der Waals surface area contributed by atoms with Crippen molar-refractivity contribution in [1.82, 2.24) is 5.32 Å². The quantitative estimate of drug-likeness (QED) is 0.878. The van der Waals surface area contributed by atoms with E-state index in [1.165, 1.54) is 15.6 Å². The lowest BCUT2D eigenvalue weighted by atomic mass is 9.95. The average Bonchev–Trinajstić information content (AvgIpc) is 3.14. The van der Waals surface area contributed by atoms with Crippen molar-refractivity contribution in [2.45, 2.75) is 25.7 Å². The molecule has 1 aromatic carbocycles. The predicted molar refractivity (Wildman–Crippen MR) is 95.7 cm³/mol. The van der Waals surface area contributed by atoms with Crippen LogP contribution in [-0.4, -0.2) is 19.0 Å². The number of hydrogen-bond donors (Lipinski definition) is 2. The Hall–Kier alpha value is -1.10. The molecule has 2 aromatic rings. The molecule has 0 bridgehead atoms. The zero-order valence-electron chi connectivity index (χ0n) is 12.6. The van der Waals surface area contributed by atoms with E-state index in [1.54, 1.807) is 11.3 Å². The van der Waals surface area contributed by atoms with Crippen molar-refractivity contribution in [3.63, 3.8) is 0 Å². The number of carbonyl (C=O) groups excluding carboxylic acids is 1. The fourth-order valence-electron chi connectivity index (χ4n) is 3.34. The van der Waals surface area contributed by atoms with Gasteiger partial charge < -0.3 is 11.1 Å². The van der Waals surface area contributed by atoms with Gasteiger partial charge in [-0.3, -0.25) is 4.79 Å². The van der Waals surface area contributed by atoms with Crippen molar-refractivity contribution < 1.29 is 4.79 Å². The predicted octanol–water partition coefficient (Wildman–Crippen LogP) is 3.36. The fourth-order valence-corrected chi connectivity index (χ4v) is 4.34. The molecular weight excluding hydrogens is 316 g/mol. The van der Waals surface area contributed by atoms with Gasteiger partial charge in [0.25, 0.3) is 0 Å². The van der Waals surface area contributed by atoms with Crippen molar-refractivity contribution in [3.05, 3.63) is 35.2 Å². The summed E-state index contributed by atoms with van der Waals surface area (Å²) in [4.78, 5) is 12.2. The van der Waals surface area contributed by atoms with Gasteiger partial charge in [0.15, 0.2) is 0 Å². The third-order valence-electron chi connectivity index (χ3n) is 4.55. The Morgan fingerprint density at radius 1 is 1.32 bits per heavy atom. The van der Waals surface area contributed by atoms with Crippen LogP contribution in [0.4, 0.5) is 0 Å². The van der Waals surface area contributed by atoms with Crippen molar-refractivity contribution >= 4 is 39.7 Å². The molecular formula is C17H23ClN2OS. The van der Waals surface area contributed by atoms with E-state index in [9.17, 15) is 4.79 Å². The molecule has 5 heteroatoms. The van der Waals surface area contributed by atoms with Gasteiger partial charge in [-0.1, -0.05) is 24.6 Å². The van der Waals surface area contributed by atoms with Gasteiger partial charge >= 0.3 is 0 Å². The van der Waals surface area contributed by atoms with Crippen LogP contribution in [0.3, 0.4) is 0 Å². The Morgan fingerprint density at radius 3 is 2.95 bits per heavy atom. The third-order valence-corrected chi connectivity index (χ3v) is 5.57. The second-order valence-corrected chi connectivity index (χ2v) is 6.74. The molecule has 1 aromatic heterocycles. The number of thiophene rings is 1. The summed E-state index contributed by atoms with van der Waals surface area (Å²) in [6.07, 6.45) is 4.13. The number of nitrogens with two attached hydrogens (primary N) is 1. The number of halogens is 1. The number of rotatable bonds is 5. The second-order valence-electron chi connectivity index (χ2n) is 5.83. The van der Waals surface area contributed by atoms with Crippen molar-refractivity contribution in [3.8, 4) is 0 Å². The van der Waals surface area contributed by atoms with E-state index in [-0.39, 0.29) is 24.2 Å². The van der Waals surface area contributed by atoms with E-state index in [2.05, 4.69) is 35.0 Å². The van der Waals surface area contributed by atoms with Crippen LogP contribution in [0, 0.1) is 11.8 Å². The Morgan fingerprint density at radius 2 is 2.14 bits per heavy atom. The molecule has 0 aliphatic heterocycles. The first-order chi connectivity index (χ1) is 10.3. The van der Waals surface area contributed by atoms with Gasteiger partial charge in [0.05, 0.1) is 0 Å². The van der Waals surface area contributed by atoms with E-state index in [1.807, 2.05) is 0 Å². The molecule has 1 amide bonds. The fraction of sp³-hybridized carbons (Fsp3) is 0.471. The smallest absolute Gasteiger partial charge is 0.223 e. The van der Waals surface area contributed by atoms with Crippen LogP contribution in [0.5, 0.6) is 0 Å². The first kappa shape index (κ1) is 17.3. The zero-order valence-corrected chi connectivity index (χ0v) is 14.2. The molecule has 1 aliphatic carbocycles. The number of amides is 1. The topological polar surface area (TPSA) is 55.1 Å². The minimum Gasteiger partial charge on any atom is -0.356 e. The molecule has 0 radical (unpaired) electrons. The number of fused-ring (bicyclic) bond motifs is 1. The Kier molecular flexibility index (Phi) is 6.24. The van der Waals surface area contributed by atoms with Gasteiger partial charge in [-0.25, -0.2) is 0 Å². The minimum atomic E-state index is 0. The summed E-state index contributed by atoms with van der Waals surface area (Å²) < 4.78 is 1.32. The van der Waals surface area contributed by atoms with Crippen LogP contribution < -0.4 is 11.1 Å². The summed E-state index contributed by atoms with van der Waals surface area (Å²) in [5.74, 6) is 0.712. The summed E-state index contributed by atoms with van der Waals surface area (Å²) in [6.45, 7) is 1.35. The van der Waals surface area contributed by atoms with E-state index in [0.29, 0.717) is 19.0 Å². The molecule has 3 nitrogen and oxygen atoms in total. The maximum absolute atomic E-state index is 12.2. The average molecular weight is 339 g/mol. The number of nitrogens with one attached hydrogen (secondary N) is 1. The van der Waals surface area contributed by atoms with Crippen LogP contribution in [0.1, 0.15) is 24.8 Å². The summed E-state index contributed by atoms with van der Waals surface area (Å²) in [6, 6.07) is 8.44. The molecule has 1 fully saturated rings. The molecule has 120 valence electrons. The maximum atomic E-state index is 12.2. The maximum Gasteiger partial charge on any atom is 0.223 e. The summed E-state index contributed by atoms with van der Waals surface area (Å²) in [7, 11) is 0. The van der Waals surface area contributed by atoms with Crippen molar-refractivity contribution in [2.75, 3.05) is 13.1 Å². The van der Waals surface area contributed by atoms with Crippen LogP contribution in [-0.2, 0) is 11.2 Å². The molecule has 0 spiro atoms. The van der Waals surface area contributed by atoms with Crippen molar-refractivity contribution in [2.24, 2.45) is 17.6 Å². The highest BCUT2D eigenvalue weighted by molar-refractivity contribution is 7.17. The standard InChI is InChI=1S/C17H22N2OS.ClH/c18-10-12-4-3-6-15(12)17(20)19-9-8-13-11-21-16-7-2-1-5-14(13)16;/h1-2,5,7,11-12,15H,3-4,6,8-10,18H2,(H,19,20);1H/t12-,15-;/m1./s1. The first-order valence-electron chi connectivity index (χ1n) is 7.72. The normalized spacial score (nSPS) is 20.8. The number of benzene rings is 1. The number of carbonyl (C=O) groups is 1. The van der Waals surface area contributed by atoms with Crippen LogP contribution in [0.2, 0.25) is 0 Å². The van der Waals surface area contributed by atoms with Gasteiger partial charge in [0, 0.05) is 17.2 Å². The highest BCUT2D eigenvalue weighted by Gasteiger charge is 2.31. The van der Waals surface area contributed by atoms with E-state index in [4.69, 9.17) is 5.73 Å². The highest BCUT2D eigenvalue weighted by Crippen LogP contribution is 2.31. The lowest BCUT2D eigenvalue weighted by molar-refractivity contribution is -0.125. The first-order valence-corrected chi connectivity index (χ1v) is 8.60. The lowest BCUT2D eigenvalue weighted by Gasteiger charge is -2.17. The summed E-state index contributed by atoms with van der Waals surface area (Å²) in [5, 5.41) is 6.62. The molecule has 1 aliphatic rings. The lowest BCUT2D eigenvalue weighted by Crippen LogP contribution is -2.36. The second kappa shape index (κ2) is 7.95. The Labute approximate surface area is 141 Å². The highest BCUT2D eigenvalue weighted by atomic mass is 35.5. The summed E-state index contributed by atoms with van der Waals surface area (Å²) in [5.41, 5.74) is 7.08. The Bertz CT molecular complexity index is 628. The van der Waals surface area contributed by atoms with Gasteiger partial charge in [0.1, 0.15) is 0 Å². The van der Waals surface area contributed by atoms with Crippen molar-refractivity contribution in [1.29, 1.82) is 0 Å². The van der Waals surface area contributed by atoms with Gasteiger partial charge in [-0.2, -0.15) is 0 Å². The van der Waals surface area contributed by atoms with E-state index in [0.717, 1.165) is 25.7 Å². The summed E-state index contributed by atoms with van der Waals surface area (Å²) >= 11 is 1.77. The minimum absolute atomic E-state index is 0. The van der Waals surface area contributed by atoms with E-state index < -0.39 is 0 Å². The molecule has 0 unspecified atom stereocenters. The molecule has 3 N–H and O–H groups in total.